The zero-order valence-corrected chi connectivity index (χ0v) is 12.3. The molecule has 0 aromatic carbocycles. The first-order valence-electron chi connectivity index (χ1n) is 6.79. The van der Waals surface area contributed by atoms with Gasteiger partial charge in [-0.2, -0.15) is 0 Å². The third-order valence-corrected chi connectivity index (χ3v) is 3.60. The highest BCUT2D eigenvalue weighted by Crippen LogP contribution is 2.24. The van der Waals surface area contributed by atoms with E-state index in [9.17, 15) is 9.90 Å². The molecule has 20 heavy (non-hydrogen) atoms. The van der Waals surface area contributed by atoms with E-state index in [0.29, 0.717) is 6.61 Å². The minimum absolute atomic E-state index is 0.193. The van der Waals surface area contributed by atoms with Gasteiger partial charge in [-0.05, 0) is 6.92 Å². The van der Waals surface area contributed by atoms with Gasteiger partial charge in [-0.1, -0.05) is 13.8 Å². The molecule has 1 aromatic heterocycles. The Morgan fingerprint density at radius 3 is 2.75 bits per heavy atom. The number of ether oxygens (including phenoxy) is 1. The Balaban J connectivity index is 2.28. The van der Waals surface area contributed by atoms with Crippen LogP contribution in [0.3, 0.4) is 0 Å². The molecule has 1 aliphatic rings. The summed E-state index contributed by atoms with van der Waals surface area (Å²) in [6.45, 7) is 6.66. The Labute approximate surface area is 118 Å². The first kappa shape index (κ1) is 14.7. The van der Waals surface area contributed by atoms with E-state index < -0.39 is 11.9 Å². The van der Waals surface area contributed by atoms with Crippen LogP contribution in [0.2, 0.25) is 0 Å². The van der Waals surface area contributed by atoms with Gasteiger partial charge in [-0.15, -0.1) is 0 Å². The van der Waals surface area contributed by atoms with E-state index in [1.165, 1.54) is 0 Å². The van der Waals surface area contributed by atoms with Gasteiger partial charge in [0.25, 0.3) is 0 Å². The Morgan fingerprint density at radius 1 is 1.45 bits per heavy atom. The van der Waals surface area contributed by atoms with Gasteiger partial charge < -0.3 is 14.7 Å². The van der Waals surface area contributed by atoms with Crippen LogP contribution in [-0.4, -0.2) is 47.3 Å². The number of hydrogen-bond donors (Lipinski definition) is 1. The molecule has 6 heteroatoms. The number of aryl methyl sites for hydroxylation is 1. The predicted molar refractivity (Wildman–Crippen MR) is 75.0 cm³/mol. The van der Waals surface area contributed by atoms with E-state index in [-0.39, 0.29) is 18.6 Å². The van der Waals surface area contributed by atoms with Gasteiger partial charge in [0.1, 0.15) is 17.6 Å². The Bertz CT molecular complexity index is 504. The number of anilines is 1. The largest absolute Gasteiger partial charge is 0.481 e. The monoisotopic (exact) mass is 279 g/mol. The fourth-order valence-electron chi connectivity index (χ4n) is 2.34. The molecule has 2 atom stereocenters. The summed E-state index contributed by atoms with van der Waals surface area (Å²) in [5.74, 6) is 0.421. The van der Waals surface area contributed by atoms with E-state index in [1.54, 1.807) is 0 Å². The van der Waals surface area contributed by atoms with Gasteiger partial charge in [0.05, 0.1) is 19.3 Å². The molecule has 2 unspecified atom stereocenters. The highest BCUT2D eigenvalue weighted by Gasteiger charge is 2.37. The van der Waals surface area contributed by atoms with Gasteiger partial charge in [0.2, 0.25) is 0 Å². The Kier molecular flexibility index (Phi) is 4.23. The van der Waals surface area contributed by atoms with Crippen LogP contribution in [0.25, 0.3) is 0 Å². The number of carboxylic acid groups (broad SMARTS) is 1. The van der Waals surface area contributed by atoms with E-state index in [2.05, 4.69) is 9.97 Å². The molecule has 110 valence electrons. The lowest BCUT2D eigenvalue weighted by molar-refractivity contribution is -0.141. The van der Waals surface area contributed by atoms with Crippen molar-refractivity contribution in [3.63, 3.8) is 0 Å². The van der Waals surface area contributed by atoms with Crippen molar-refractivity contribution in [2.45, 2.75) is 32.7 Å². The fraction of sp³-hybridized carbons (Fsp3) is 0.643. The Morgan fingerprint density at radius 2 is 2.15 bits per heavy atom. The molecule has 1 aromatic rings. The van der Waals surface area contributed by atoms with E-state index in [1.807, 2.05) is 38.8 Å². The highest BCUT2D eigenvalue weighted by molar-refractivity contribution is 5.72. The molecule has 1 aliphatic heterocycles. The summed E-state index contributed by atoms with van der Waals surface area (Å²) < 4.78 is 5.32. The first-order chi connectivity index (χ1) is 9.40. The van der Waals surface area contributed by atoms with Crippen LogP contribution < -0.4 is 4.90 Å². The lowest BCUT2D eigenvalue weighted by Crippen LogP contribution is -2.41. The highest BCUT2D eigenvalue weighted by atomic mass is 16.5. The summed E-state index contributed by atoms with van der Waals surface area (Å²) in [5.41, 5.74) is 0.886. The van der Waals surface area contributed by atoms with Crippen molar-refractivity contribution < 1.29 is 14.6 Å². The van der Waals surface area contributed by atoms with Crippen LogP contribution in [-0.2, 0) is 9.53 Å². The number of hydrogen-bond acceptors (Lipinski definition) is 5. The molecular weight excluding hydrogens is 258 g/mol. The summed E-state index contributed by atoms with van der Waals surface area (Å²) in [5, 5.41) is 9.24. The van der Waals surface area contributed by atoms with Gasteiger partial charge in [-0.25, -0.2) is 9.97 Å². The van der Waals surface area contributed by atoms with Crippen molar-refractivity contribution in [1.29, 1.82) is 0 Å². The number of nitrogens with zero attached hydrogens (tertiary/aromatic N) is 3. The second-order valence-electron chi connectivity index (χ2n) is 5.54. The summed E-state index contributed by atoms with van der Waals surface area (Å²) in [6.07, 6.45) is 0. The van der Waals surface area contributed by atoms with Crippen LogP contribution >= 0.6 is 0 Å². The third-order valence-electron chi connectivity index (χ3n) is 3.60. The number of rotatable bonds is 4. The standard InChI is InChI=1S/C14H21N3O3/c1-8(2)13-15-9(3)5-12(16-13)17(4)11-7-20-6-10(11)14(18)19/h5,8,10-11H,6-7H2,1-4H3,(H,18,19). The SMILES string of the molecule is Cc1cc(N(C)C2COCC2C(=O)O)nc(C(C)C)n1. The zero-order chi connectivity index (χ0) is 14.9. The summed E-state index contributed by atoms with van der Waals surface area (Å²) in [4.78, 5) is 22.1. The number of carbonyl (C=O) groups is 1. The molecule has 1 N–H and O–H groups in total. The summed E-state index contributed by atoms with van der Waals surface area (Å²) in [6, 6.07) is 1.69. The molecule has 1 fully saturated rings. The fourth-order valence-corrected chi connectivity index (χ4v) is 2.34. The van der Waals surface area contributed by atoms with Crippen molar-refractivity contribution in [3.05, 3.63) is 17.6 Å². The zero-order valence-electron chi connectivity index (χ0n) is 12.3. The van der Waals surface area contributed by atoms with Gasteiger partial charge >= 0.3 is 5.97 Å². The molecule has 0 spiro atoms. The van der Waals surface area contributed by atoms with Crippen LogP contribution in [0, 0.1) is 12.8 Å². The lowest BCUT2D eigenvalue weighted by Gasteiger charge is -2.28. The van der Waals surface area contributed by atoms with E-state index in [4.69, 9.17) is 4.74 Å². The molecule has 2 heterocycles. The second-order valence-corrected chi connectivity index (χ2v) is 5.54. The van der Waals surface area contributed by atoms with Gasteiger partial charge in [0, 0.05) is 24.7 Å². The average molecular weight is 279 g/mol. The number of aliphatic carboxylic acids is 1. The van der Waals surface area contributed by atoms with Crippen LogP contribution in [0.1, 0.15) is 31.3 Å². The number of likely N-dealkylation sites (N-methyl/N-ethyl adjacent to an activating group) is 1. The van der Waals surface area contributed by atoms with Crippen molar-refractivity contribution in [3.8, 4) is 0 Å². The average Bonchev–Trinajstić information content (AvgIpc) is 2.86. The van der Waals surface area contributed by atoms with Gasteiger partial charge in [-0.3, -0.25) is 4.79 Å². The smallest absolute Gasteiger partial charge is 0.311 e. The minimum atomic E-state index is -0.825. The molecule has 0 radical (unpaired) electrons. The van der Waals surface area contributed by atoms with Crippen LogP contribution in [0.15, 0.2) is 6.07 Å². The number of aromatic nitrogens is 2. The third kappa shape index (κ3) is 2.90. The van der Waals surface area contributed by atoms with Crippen molar-refractivity contribution in [2.24, 2.45) is 5.92 Å². The quantitative estimate of drug-likeness (QED) is 0.899. The first-order valence-corrected chi connectivity index (χ1v) is 6.79. The maximum atomic E-state index is 11.3. The van der Waals surface area contributed by atoms with Crippen molar-refractivity contribution >= 4 is 11.8 Å². The second kappa shape index (κ2) is 5.75. The number of carboxylic acids is 1. The normalized spacial score (nSPS) is 22.2. The van der Waals surface area contributed by atoms with E-state index >= 15 is 0 Å². The van der Waals surface area contributed by atoms with Crippen LogP contribution in [0.5, 0.6) is 0 Å². The minimum Gasteiger partial charge on any atom is -0.481 e. The van der Waals surface area contributed by atoms with E-state index in [0.717, 1.165) is 17.3 Å². The molecule has 0 bridgehead atoms. The maximum absolute atomic E-state index is 11.3. The maximum Gasteiger partial charge on any atom is 0.311 e. The molecule has 0 amide bonds. The molecule has 0 saturated carbocycles. The predicted octanol–water partition coefficient (Wildman–Crippen LogP) is 1.44. The topological polar surface area (TPSA) is 75.5 Å². The van der Waals surface area contributed by atoms with Crippen molar-refractivity contribution in [1.82, 2.24) is 9.97 Å². The molecular formula is C14H21N3O3. The summed E-state index contributed by atoms with van der Waals surface area (Å²) in [7, 11) is 1.86. The molecule has 0 aliphatic carbocycles. The Hall–Kier alpha value is -1.69. The molecule has 6 nitrogen and oxygen atoms in total. The van der Waals surface area contributed by atoms with Crippen LogP contribution in [0.4, 0.5) is 5.82 Å². The van der Waals surface area contributed by atoms with Gasteiger partial charge in [0.15, 0.2) is 0 Å². The lowest BCUT2D eigenvalue weighted by atomic mass is 10.0. The molecule has 2 rings (SSSR count). The molecule has 1 saturated heterocycles. The summed E-state index contributed by atoms with van der Waals surface area (Å²) >= 11 is 0. The van der Waals surface area contributed by atoms with Crippen molar-refractivity contribution in [2.75, 3.05) is 25.2 Å².